The van der Waals surface area contributed by atoms with Crippen molar-refractivity contribution in [1.29, 1.82) is 0 Å². The molecule has 2 unspecified atom stereocenters. The maximum Gasteiger partial charge on any atom is 0.0382 e. The van der Waals surface area contributed by atoms with Crippen molar-refractivity contribution in [2.45, 2.75) is 12.5 Å². The van der Waals surface area contributed by atoms with Crippen molar-refractivity contribution in [1.82, 2.24) is 10.2 Å². The third kappa shape index (κ3) is 2.39. The molecule has 1 saturated heterocycles. The number of rotatable bonds is 3. The smallest absolute Gasteiger partial charge is 0.0382 e. The molecular formula is C13H20N2. The van der Waals surface area contributed by atoms with Gasteiger partial charge in [0.05, 0.1) is 0 Å². The topological polar surface area (TPSA) is 15.3 Å². The van der Waals surface area contributed by atoms with Crippen molar-refractivity contribution in [2.75, 3.05) is 27.2 Å². The van der Waals surface area contributed by atoms with Crippen molar-refractivity contribution < 1.29 is 0 Å². The summed E-state index contributed by atoms with van der Waals surface area (Å²) >= 11 is 0. The number of benzene rings is 1. The Morgan fingerprint density at radius 3 is 2.53 bits per heavy atom. The van der Waals surface area contributed by atoms with Crippen LogP contribution < -0.4 is 5.32 Å². The molecule has 0 amide bonds. The standard InChI is InChI=1S/C13H20N2/c1-15(2)13(12-8-9-14-10-12)11-6-4-3-5-7-11/h3-7,12-14H,8-10H2,1-2H3. The van der Waals surface area contributed by atoms with Crippen LogP contribution in [-0.2, 0) is 0 Å². The molecule has 1 aromatic carbocycles. The Labute approximate surface area is 92.3 Å². The van der Waals surface area contributed by atoms with Crippen LogP contribution in [0.5, 0.6) is 0 Å². The van der Waals surface area contributed by atoms with E-state index in [2.05, 4.69) is 54.6 Å². The zero-order valence-corrected chi connectivity index (χ0v) is 9.61. The Balaban J connectivity index is 2.19. The van der Waals surface area contributed by atoms with Gasteiger partial charge in [-0.2, -0.15) is 0 Å². The molecule has 1 fully saturated rings. The molecule has 2 nitrogen and oxygen atoms in total. The highest BCUT2D eigenvalue weighted by atomic mass is 15.1. The van der Waals surface area contributed by atoms with Gasteiger partial charge in [-0.25, -0.2) is 0 Å². The van der Waals surface area contributed by atoms with Gasteiger partial charge in [-0.1, -0.05) is 30.3 Å². The fraction of sp³-hybridized carbons (Fsp3) is 0.538. The van der Waals surface area contributed by atoms with Crippen LogP contribution in [0.15, 0.2) is 30.3 Å². The number of hydrogen-bond donors (Lipinski definition) is 1. The number of hydrogen-bond acceptors (Lipinski definition) is 2. The molecule has 1 N–H and O–H groups in total. The minimum Gasteiger partial charge on any atom is -0.316 e. The first-order chi connectivity index (χ1) is 7.29. The van der Waals surface area contributed by atoms with Gasteiger partial charge in [0.1, 0.15) is 0 Å². The summed E-state index contributed by atoms with van der Waals surface area (Å²) in [5, 5.41) is 3.45. The van der Waals surface area contributed by atoms with Gasteiger partial charge in [0, 0.05) is 6.04 Å². The van der Waals surface area contributed by atoms with E-state index in [1.807, 2.05) is 0 Å². The molecule has 1 aromatic rings. The predicted octanol–water partition coefficient (Wildman–Crippen LogP) is 1.90. The van der Waals surface area contributed by atoms with Crippen LogP contribution in [0.2, 0.25) is 0 Å². The Bertz CT molecular complexity index is 289. The predicted molar refractivity (Wildman–Crippen MR) is 63.8 cm³/mol. The molecule has 2 heteroatoms. The minimum absolute atomic E-state index is 0.557. The molecule has 1 aliphatic rings. The summed E-state index contributed by atoms with van der Waals surface area (Å²) in [5.41, 5.74) is 1.44. The van der Waals surface area contributed by atoms with E-state index in [9.17, 15) is 0 Å². The van der Waals surface area contributed by atoms with Crippen molar-refractivity contribution in [3.05, 3.63) is 35.9 Å². The molecule has 0 aliphatic carbocycles. The van der Waals surface area contributed by atoms with Gasteiger partial charge in [-0.05, 0) is 45.1 Å². The van der Waals surface area contributed by atoms with Gasteiger partial charge >= 0.3 is 0 Å². The van der Waals surface area contributed by atoms with Crippen LogP contribution in [0, 0.1) is 5.92 Å². The highest BCUT2D eigenvalue weighted by molar-refractivity contribution is 5.20. The SMILES string of the molecule is CN(C)C(c1ccccc1)C1CCNC1. The zero-order chi connectivity index (χ0) is 10.7. The van der Waals surface area contributed by atoms with Crippen molar-refractivity contribution in [3.63, 3.8) is 0 Å². The van der Waals surface area contributed by atoms with Gasteiger partial charge in [-0.3, -0.25) is 0 Å². The lowest BCUT2D eigenvalue weighted by atomic mass is 9.91. The monoisotopic (exact) mass is 204 g/mol. The zero-order valence-electron chi connectivity index (χ0n) is 9.61. The third-order valence-corrected chi connectivity index (χ3v) is 3.24. The highest BCUT2D eigenvalue weighted by Gasteiger charge is 2.27. The van der Waals surface area contributed by atoms with E-state index in [4.69, 9.17) is 0 Å². The second kappa shape index (κ2) is 4.77. The summed E-state index contributed by atoms with van der Waals surface area (Å²) in [6.45, 7) is 2.32. The molecule has 0 aromatic heterocycles. The summed E-state index contributed by atoms with van der Waals surface area (Å²) in [7, 11) is 4.35. The maximum atomic E-state index is 3.45. The maximum absolute atomic E-state index is 3.45. The summed E-state index contributed by atoms with van der Waals surface area (Å²) in [6, 6.07) is 11.4. The van der Waals surface area contributed by atoms with Crippen molar-refractivity contribution >= 4 is 0 Å². The molecule has 1 heterocycles. The van der Waals surface area contributed by atoms with E-state index in [1.165, 1.54) is 18.5 Å². The lowest BCUT2D eigenvalue weighted by molar-refractivity contribution is 0.223. The molecule has 2 atom stereocenters. The fourth-order valence-corrected chi connectivity index (χ4v) is 2.59. The summed E-state index contributed by atoms with van der Waals surface area (Å²) < 4.78 is 0. The first-order valence-corrected chi connectivity index (χ1v) is 5.71. The second-order valence-corrected chi connectivity index (χ2v) is 4.57. The Morgan fingerprint density at radius 2 is 2.00 bits per heavy atom. The normalized spacial score (nSPS) is 23.3. The van der Waals surface area contributed by atoms with Gasteiger partial charge in [-0.15, -0.1) is 0 Å². The first-order valence-electron chi connectivity index (χ1n) is 5.71. The molecule has 0 radical (unpaired) electrons. The van der Waals surface area contributed by atoms with Crippen LogP contribution in [0.25, 0.3) is 0 Å². The molecule has 0 bridgehead atoms. The molecule has 15 heavy (non-hydrogen) atoms. The quantitative estimate of drug-likeness (QED) is 0.809. The van der Waals surface area contributed by atoms with Crippen molar-refractivity contribution in [2.24, 2.45) is 5.92 Å². The van der Waals surface area contributed by atoms with E-state index in [1.54, 1.807) is 0 Å². The van der Waals surface area contributed by atoms with Gasteiger partial charge in [0.15, 0.2) is 0 Å². The van der Waals surface area contributed by atoms with Gasteiger partial charge in [0.25, 0.3) is 0 Å². The van der Waals surface area contributed by atoms with Crippen LogP contribution in [-0.4, -0.2) is 32.1 Å². The van der Waals surface area contributed by atoms with E-state index in [0.717, 1.165) is 12.5 Å². The fourth-order valence-electron chi connectivity index (χ4n) is 2.59. The average molecular weight is 204 g/mol. The van der Waals surface area contributed by atoms with Crippen LogP contribution in [0.1, 0.15) is 18.0 Å². The largest absolute Gasteiger partial charge is 0.316 e. The summed E-state index contributed by atoms with van der Waals surface area (Å²) in [6.07, 6.45) is 1.29. The number of nitrogens with zero attached hydrogens (tertiary/aromatic N) is 1. The molecule has 0 saturated carbocycles. The molecule has 0 spiro atoms. The molecule has 1 aliphatic heterocycles. The minimum atomic E-state index is 0.557. The van der Waals surface area contributed by atoms with E-state index in [-0.39, 0.29) is 0 Å². The van der Waals surface area contributed by atoms with Gasteiger partial charge in [0.2, 0.25) is 0 Å². The first kappa shape index (κ1) is 10.7. The van der Waals surface area contributed by atoms with Crippen LogP contribution in [0.3, 0.4) is 0 Å². The summed E-state index contributed by atoms with van der Waals surface area (Å²) in [5.74, 6) is 0.752. The molecular weight excluding hydrogens is 184 g/mol. The van der Waals surface area contributed by atoms with Crippen molar-refractivity contribution in [3.8, 4) is 0 Å². The average Bonchev–Trinajstić information content (AvgIpc) is 2.72. The molecule has 82 valence electrons. The van der Waals surface area contributed by atoms with Crippen LogP contribution in [0.4, 0.5) is 0 Å². The van der Waals surface area contributed by atoms with Crippen LogP contribution >= 0.6 is 0 Å². The number of nitrogens with one attached hydrogen (secondary N) is 1. The van der Waals surface area contributed by atoms with E-state index in [0.29, 0.717) is 6.04 Å². The second-order valence-electron chi connectivity index (χ2n) is 4.57. The van der Waals surface area contributed by atoms with E-state index < -0.39 is 0 Å². The lowest BCUT2D eigenvalue weighted by Gasteiger charge is -2.29. The lowest BCUT2D eigenvalue weighted by Crippen LogP contribution is -2.28. The molecule has 2 rings (SSSR count). The Kier molecular flexibility index (Phi) is 3.39. The third-order valence-electron chi connectivity index (χ3n) is 3.24. The highest BCUT2D eigenvalue weighted by Crippen LogP contribution is 2.30. The Hall–Kier alpha value is -0.860. The van der Waals surface area contributed by atoms with Gasteiger partial charge < -0.3 is 10.2 Å². The Morgan fingerprint density at radius 1 is 1.27 bits per heavy atom. The van der Waals surface area contributed by atoms with E-state index >= 15 is 0 Å². The summed E-state index contributed by atoms with van der Waals surface area (Å²) in [4.78, 5) is 2.34.